The molecular weight excluding hydrogens is 190 g/mol. The second-order valence-electron chi connectivity index (χ2n) is 2.07. The lowest BCUT2D eigenvalue weighted by Crippen LogP contribution is -1.97. The van der Waals surface area contributed by atoms with Crippen molar-refractivity contribution in [2.45, 2.75) is 0 Å². The summed E-state index contributed by atoms with van der Waals surface area (Å²) >= 11 is 5.54. The summed E-state index contributed by atoms with van der Waals surface area (Å²) < 4.78 is 0. The molecule has 1 rings (SSSR count). The van der Waals surface area contributed by atoms with Crippen molar-refractivity contribution in [2.75, 3.05) is 6.54 Å². The minimum absolute atomic E-state index is 0.194. The Hall–Kier alpha value is -1.35. The predicted molar refractivity (Wildman–Crippen MR) is 53.5 cm³/mol. The number of nitrogens with zero attached hydrogens (tertiary/aromatic N) is 1. The van der Waals surface area contributed by atoms with Crippen molar-refractivity contribution < 1.29 is 9.90 Å². The largest absolute Gasteiger partial charge is 0.480 e. The highest BCUT2D eigenvalue weighted by Gasteiger charge is 1.85. The lowest BCUT2D eigenvalue weighted by atomic mass is 10.4. The van der Waals surface area contributed by atoms with E-state index in [1.807, 2.05) is 30.3 Å². The maximum atomic E-state index is 9.47. The highest BCUT2D eigenvalue weighted by Crippen LogP contribution is 2.03. The third kappa shape index (κ3) is 8.56. The Morgan fingerprint density at radius 2 is 2.00 bits per heavy atom. The molecule has 0 atom stereocenters. The molecule has 0 amide bonds. The molecule has 0 bridgehead atoms. The summed E-state index contributed by atoms with van der Waals surface area (Å²) in [6, 6.07) is 9.44. The second-order valence-corrected chi connectivity index (χ2v) is 2.51. The Morgan fingerprint density at radius 3 is 2.15 bits per heavy atom. The van der Waals surface area contributed by atoms with E-state index < -0.39 is 5.97 Å². The first-order chi connectivity index (χ1) is 6.16. The van der Waals surface area contributed by atoms with Crippen LogP contribution in [0, 0.1) is 0 Å². The van der Waals surface area contributed by atoms with Crippen molar-refractivity contribution in [2.24, 2.45) is 4.99 Å². The normalized spacial score (nSPS) is 8.08. The molecule has 0 spiro atoms. The number of benzene rings is 1. The van der Waals surface area contributed by atoms with E-state index >= 15 is 0 Å². The molecule has 1 aromatic rings. The third-order valence-electron chi connectivity index (χ3n) is 0.980. The molecule has 0 fully saturated rings. The monoisotopic (exact) mass is 199 g/mol. The van der Waals surface area contributed by atoms with Gasteiger partial charge in [0.05, 0.1) is 0 Å². The Labute approximate surface area is 81.7 Å². The van der Waals surface area contributed by atoms with Crippen LogP contribution >= 0.6 is 11.6 Å². The number of aliphatic carboxylic acids is 1. The van der Waals surface area contributed by atoms with Gasteiger partial charge in [0, 0.05) is 5.02 Å². The van der Waals surface area contributed by atoms with Crippen LogP contribution in [0.2, 0.25) is 5.02 Å². The SMILES string of the molecule is C=NCC(=O)O.Clc1ccccc1. The van der Waals surface area contributed by atoms with Crippen LogP contribution in [0.4, 0.5) is 0 Å². The van der Waals surface area contributed by atoms with E-state index in [-0.39, 0.29) is 6.54 Å². The van der Waals surface area contributed by atoms with Gasteiger partial charge in [-0.3, -0.25) is 9.79 Å². The Bertz CT molecular complexity index is 262. The van der Waals surface area contributed by atoms with Crippen molar-refractivity contribution >= 4 is 24.3 Å². The summed E-state index contributed by atoms with van der Waals surface area (Å²) in [7, 11) is 0. The van der Waals surface area contributed by atoms with Gasteiger partial charge in [0.25, 0.3) is 0 Å². The Morgan fingerprint density at radius 1 is 1.46 bits per heavy atom. The second kappa shape index (κ2) is 7.31. The molecule has 0 heterocycles. The highest BCUT2D eigenvalue weighted by molar-refractivity contribution is 6.30. The third-order valence-corrected chi connectivity index (χ3v) is 1.23. The Balaban J connectivity index is 0.000000226. The molecule has 0 aliphatic carbocycles. The molecule has 4 heteroatoms. The fourth-order valence-corrected chi connectivity index (χ4v) is 0.656. The first-order valence-corrected chi connectivity index (χ1v) is 3.89. The zero-order chi connectivity index (χ0) is 10.1. The number of carboxylic acid groups (broad SMARTS) is 1. The van der Waals surface area contributed by atoms with Gasteiger partial charge in [0.2, 0.25) is 0 Å². The van der Waals surface area contributed by atoms with Gasteiger partial charge >= 0.3 is 5.97 Å². The van der Waals surface area contributed by atoms with Gasteiger partial charge in [-0.05, 0) is 18.9 Å². The standard InChI is InChI=1S/C6H5Cl.C3H5NO2/c7-6-4-2-1-3-5-6;1-4-2-3(5)6/h1-5H;1-2H2,(H,5,6). The van der Waals surface area contributed by atoms with E-state index in [0.29, 0.717) is 0 Å². The minimum atomic E-state index is -0.940. The number of rotatable bonds is 2. The summed E-state index contributed by atoms with van der Waals surface area (Å²) in [5, 5.41) is 8.57. The van der Waals surface area contributed by atoms with Crippen molar-refractivity contribution in [3.8, 4) is 0 Å². The topological polar surface area (TPSA) is 49.7 Å². The lowest BCUT2D eigenvalue weighted by molar-refractivity contribution is -0.135. The van der Waals surface area contributed by atoms with Crippen LogP contribution in [-0.4, -0.2) is 24.3 Å². The molecule has 70 valence electrons. The van der Waals surface area contributed by atoms with Crippen LogP contribution in [0.1, 0.15) is 0 Å². The number of hydrogen-bond donors (Lipinski definition) is 1. The van der Waals surface area contributed by atoms with Crippen LogP contribution in [0.5, 0.6) is 0 Å². The first kappa shape index (κ1) is 11.6. The number of halogens is 1. The number of carbonyl (C=O) groups is 1. The number of carboxylic acids is 1. The zero-order valence-corrected chi connectivity index (χ0v) is 7.74. The van der Waals surface area contributed by atoms with Gasteiger partial charge in [0.1, 0.15) is 6.54 Å². The van der Waals surface area contributed by atoms with Crippen LogP contribution in [0.3, 0.4) is 0 Å². The summed E-state index contributed by atoms with van der Waals surface area (Å²) in [6.45, 7) is 2.78. The molecule has 1 aromatic carbocycles. The van der Waals surface area contributed by atoms with Crippen LogP contribution < -0.4 is 0 Å². The number of hydrogen-bond acceptors (Lipinski definition) is 2. The van der Waals surface area contributed by atoms with E-state index in [1.54, 1.807) is 0 Å². The molecule has 0 aliphatic heterocycles. The maximum Gasteiger partial charge on any atom is 0.325 e. The van der Waals surface area contributed by atoms with Crippen LogP contribution in [-0.2, 0) is 4.79 Å². The van der Waals surface area contributed by atoms with Gasteiger partial charge in [-0.2, -0.15) is 0 Å². The van der Waals surface area contributed by atoms with E-state index in [1.165, 1.54) is 0 Å². The molecule has 0 saturated heterocycles. The molecule has 0 saturated carbocycles. The van der Waals surface area contributed by atoms with Crippen molar-refractivity contribution in [3.05, 3.63) is 35.4 Å². The van der Waals surface area contributed by atoms with Gasteiger partial charge in [-0.1, -0.05) is 29.8 Å². The molecule has 3 nitrogen and oxygen atoms in total. The molecular formula is C9H10ClNO2. The van der Waals surface area contributed by atoms with Gasteiger partial charge < -0.3 is 5.11 Å². The van der Waals surface area contributed by atoms with Gasteiger partial charge in [0.15, 0.2) is 0 Å². The lowest BCUT2D eigenvalue weighted by Gasteiger charge is -1.80. The van der Waals surface area contributed by atoms with E-state index in [9.17, 15) is 4.79 Å². The zero-order valence-electron chi connectivity index (χ0n) is 6.98. The molecule has 1 N–H and O–H groups in total. The van der Waals surface area contributed by atoms with Crippen molar-refractivity contribution in [1.82, 2.24) is 0 Å². The fourth-order valence-electron chi connectivity index (χ4n) is 0.510. The average molecular weight is 200 g/mol. The first-order valence-electron chi connectivity index (χ1n) is 3.51. The van der Waals surface area contributed by atoms with E-state index in [4.69, 9.17) is 16.7 Å². The molecule has 0 aliphatic rings. The Kier molecular flexibility index (Phi) is 6.55. The average Bonchev–Trinajstić information content (AvgIpc) is 2.06. The van der Waals surface area contributed by atoms with Gasteiger partial charge in [-0.15, -0.1) is 0 Å². The summed E-state index contributed by atoms with van der Waals surface area (Å²) in [5.41, 5.74) is 0. The highest BCUT2D eigenvalue weighted by atomic mass is 35.5. The van der Waals surface area contributed by atoms with Crippen LogP contribution in [0.25, 0.3) is 0 Å². The van der Waals surface area contributed by atoms with Crippen LogP contribution in [0.15, 0.2) is 35.3 Å². The van der Waals surface area contributed by atoms with E-state index in [0.717, 1.165) is 5.02 Å². The summed E-state index contributed by atoms with van der Waals surface area (Å²) in [4.78, 5) is 12.6. The summed E-state index contributed by atoms with van der Waals surface area (Å²) in [6.07, 6.45) is 0. The van der Waals surface area contributed by atoms with E-state index in [2.05, 4.69) is 11.7 Å². The summed E-state index contributed by atoms with van der Waals surface area (Å²) in [5.74, 6) is -0.940. The smallest absolute Gasteiger partial charge is 0.325 e. The maximum absolute atomic E-state index is 9.47. The van der Waals surface area contributed by atoms with Crippen molar-refractivity contribution in [1.29, 1.82) is 0 Å². The van der Waals surface area contributed by atoms with Crippen molar-refractivity contribution in [3.63, 3.8) is 0 Å². The molecule has 0 unspecified atom stereocenters. The molecule has 0 radical (unpaired) electrons. The molecule has 0 aromatic heterocycles. The minimum Gasteiger partial charge on any atom is -0.480 e. The quantitative estimate of drug-likeness (QED) is 0.742. The predicted octanol–water partition coefficient (Wildman–Crippen LogP) is 2.11. The fraction of sp³-hybridized carbons (Fsp3) is 0.111. The van der Waals surface area contributed by atoms with Gasteiger partial charge in [-0.25, -0.2) is 0 Å². The number of aliphatic imine (C=N–C) groups is 1. The molecule has 13 heavy (non-hydrogen) atoms.